The fourth-order valence-corrected chi connectivity index (χ4v) is 4.39. The van der Waals surface area contributed by atoms with Crippen LogP contribution in [0.1, 0.15) is 23.2 Å². The summed E-state index contributed by atoms with van der Waals surface area (Å²) in [6, 6.07) is 11.8. The average molecular weight is 396 g/mol. The van der Waals surface area contributed by atoms with Gasteiger partial charge in [-0.2, -0.15) is 4.73 Å². The molecule has 29 heavy (non-hydrogen) atoms. The molecule has 0 bridgehead atoms. The van der Waals surface area contributed by atoms with Gasteiger partial charge >= 0.3 is 0 Å². The van der Waals surface area contributed by atoms with Gasteiger partial charge in [-0.3, -0.25) is 9.69 Å². The Labute approximate surface area is 171 Å². The molecule has 2 aliphatic heterocycles. The summed E-state index contributed by atoms with van der Waals surface area (Å²) in [6.07, 6.45) is 4.89. The zero-order valence-corrected chi connectivity index (χ0v) is 16.9. The van der Waals surface area contributed by atoms with Gasteiger partial charge in [0.15, 0.2) is 12.4 Å². The number of pyridine rings is 1. The van der Waals surface area contributed by atoms with E-state index in [0.29, 0.717) is 16.3 Å². The third kappa shape index (κ3) is 4.29. The number of piperidine rings is 1. The van der Waals surface area contributed by atoms with Gasteiger partial charge < -0.3 is 19.7 Å². The number of carbonyl (C=O) groups excluding carboxylic acids is 1. The first-order chi connectivity index (χ1) is 14.2. The van der Waals surface area contributed by atoms with Gasteiger partial charge in [0.05, 0.1) is 18.4 Å². The lowest BCUT2D eigenvalue weighted by molar-refractivity contribution is -0.605. The van der Waals surface area contributed by atoms with Crippen LogP contribution in [0.25, 0.3) is 0 Å². The number of benzene rings is 1. The molecule has 2 aromatic rings. The van der Waals surface area contributed by atoms with Crippen LogP contribution >= 0.6 is 0 Å². The smallest absolute Gasteiger partial charge is 0.254 e. The van der Waals surface area contributed by atoms with E-state index in [-0.39, 0.29) is 5.91 Å². The number of rotatable bonds is 4. The number of nitrogens with zero attached hydrogens (tertiary/aromatic N) is 4. The van der Waals surface area contributed by atoms with Crippen molar-refractivity contribution >= 4 is 11.6 Å². The van der Waals surface area contributed by atoms with Gasteiger partial charge in [-0.15, -0.1) is 0 Å². The first kappa shape index (κ1) is 19.5. The SMILES string of the molecule is COc1ccccc1N1CCN(C2CCCN(C(=O)c3cc[n+]([O-])cc3)C2)CC1. The molecule has 0 radical (unpaired) electrons. The zero-order chi connectivity index (χ0) is 20.2. The summed E-state index contributed by atoms with van der Waals surface area (Å²) in [4.78, 5) is 19.7. The number of amides is 1. The topological polar surface area (TPSA) is 63.0 Å². The maximum absolute atomic E-state index is 12.8. The second kappa shape index (κ2) is 8.69. The number of carbonyl (C=O) groups is 1. The molecule has 1 amide bonds. The summed E-state index contributed by atoms with van der Waals surface area (Å²) >= 11 is 0. The van der Waals surface area contributed by atoms with E-state index in [1.807, 2.05) is 23.1 Å². The molecule has 1 unspecified atom stereocenters. The zero-order valence-electron chi connectivity index (χ0n) is 16.9. The Balaban J connectivity index is 1.36. The molecule has 2 fully saturated rings. The summed E-state index contributed by atoms with van der Waals surface area (Å²) in [5.74, 6) is 0.931. The van der Waals surface area contributed by atoms with Crippen LogP contribution in [-0.2, 0) is 0 Å². The number of piperazine rings is 1. The molecular formula is C22H28N4O3. The Bertz CT molecular complexity index is 834. The summed E-state index contributed by atoms with van der Waals surface area (Å²) in [5, 5.41) is 11.2. The molecule has 4 rings (SSSR count). The van der Waals surface area contributed by atoms with Crippen molar-refractivity contribution in [2.45, 2.75) is 18.9 Å². The summed E-state index contributed by atoms with van der Waals surface area (Å²) in [7, 11) is 1.71. The molecule has 7 nitrogen and oxygen atoms in total. The van der Waals surface area contributed by atoms with Crippen molar-refractivity contribution in [1.29, 1.82) is 0 Å². The summed E-state index contributed by atoms with van der Waals surface area (Å²) in [6.45, 7) is 5.39. The molecule has 7 heteroatoms. The molecule has 2 saturated heterocycles. The number of methoxy groups -OCH3 is 1. The van der Waals surface area contributed by atoms with Crippen LogP contribution in [0, 0.1) is 5.21 Å². The van der Waals surface area contributed by atoms with Crippen molar-refractivity contribution < 1.29 is 14.3 Å². The number of anilines is 1. The van der Waals surface area contributed by atoms with Crippen molar-refractivity contribution in [1.82, 2.24) is 9.80 Å². The second-order valence-electron chi connectivity index (χ2n) is 7.69. The highest BCUT2D eigenvalue weighted by molar-refractivity contribution is 5.94. The fraction of sp³-hybridized carbons (Fsp3) is 0.455. The van der Waals surface area contributed by atoms with Gasteiger partial charge in [-0.1, -0.05) is 12.1 Å². The van der Waals surface area contributed by atoms with E-state index in [0.717, 1.165) is 63.5 Å². The van der Waals surface area contributed by atoms with Crippen LogP contribution in [0.3, 0.4) is 0 Å². The predicted octanol–water partition coefficient (Wildman–Crippen LogP) is 1.76. The first-order valence-electron chi connectivity index (χ1n) is 10.3. The number of hydrogen-bond acceptors (Lipinski definition) is 5. The third-order valence-corrected chi connectivity index (χ3v) is 5.99. The molecule has 3 heterocycles. The van der Waals surface area contributed by atoms with Crippen LogP contribution in [0.2, 0.25) is 0 Å². The monoisotopic (exact) mass is 396 g/mol. The van der Waals surface area contributed by atoms with Gasteiger partial charge in [-0.25, -0.2) is 0 Å². The molecule has 0 saturated carbocycles. The maximum Gasteiger partial charge on any atom is 0.254 e. The van der Waals surface area contributed by atoms with Crippen molar-refractivity contribution in [3.63, 3.8) is 0 Å². The van der Waals surface area contributed by atoms with Crippen LogP contribution in [0.4, 0.5) is 5.69 Å². The number of likely N-dealkylation sites (tertiary alicyclic amines) is 1. The minimum Gasteiger partial charge on any atom is -0.619 e. The lowest BCUT2D eigenvalue weighted by Crippen LogP contribution is -2.56. The van der Waals surface area contributed by atoms with E-state index in [1.54, 1.807) is 19.2 Å². The maximum atomic E-state index is 12.8. The van der Waals surface area contributed by atoms with E-state index in [4.69, 9.17) is 4.74 Å². The minimum absolute atomic E-state index is 0.0166. The molecule has 0 N–H and O–H groups in total. The second-order valence-corrected chi connectivity index (χ2v) is 7.69. The first-order valence-corrected chi connectivity index (χ1v) is 10.3. The Morgan fingerprint density at radius 2 is 1.79 bits per heavy atom. The molecule has 2 aliphatic rings. The number of hydrogen-bond donors (Lipinski definition) is 0. The molecule has 0 aliphatic carbocycles. The van der Waals surface area contributed by atoms with Crippen molar-refractivity contribution in [3.05, 3.63) is 59.6 Å². The summed E-state index contributed by atoms with van der Waals surface area (Å²) in [5.41, 5.74) is 1.73. The molecular weight excluding hydrogens is 368 g/mol. The van der Waals surface area contributed by atoms with E-state index in [2.05, 4.69) is 15.9 Å². The highest BCUT2D eigenvalue weighted by atomic mass is 16.5. The number of ether oxygens (including phenoxy) is 1. The molecule has 154 valence electrons. The quantitative estimate of drug-likeness (QED) is 0.582. The summed E-state index contributed by atoms with van der Waals surface area (Å²) < 4.78 is 6.22. The number of aromatic nitrogens is 1. The van der Waals surface area contributed by atoms with Gasteiger partial charge in [-0.05, 0) is 25.0 Å². The van der Waals surface area contributed by atoms with E-state index < -0.39 is 0 Å². The van der Waals surface area contributed by atoms with Crippen LogP contribution < -0.4 is 14.4 Å². The third-order valence-electron chi connectivity index (χ3n) is 5.99. The Morgan fingerprint density at radius 1 is 1.07 bits per heavy atom. The van der Waals surface area contributed by atoms with Gasteiger partial charge in [0.1, 0.15) is 5.75 Å². The van der Waals surface area contributed by atoms with Gasteiger partial charge in [0.2, 0.25) is 0 Å². The molecule has 1 atom stereocenters. The van der Waals surface area contributed by atoms with E-state index in [9.17, 15) is 10.0 Å². The van der Waals surface area contributed by atoms with Crippen molar-refractivity contribution in [2.75, 3.05) is 51.3 Å². The molecule has 1 aromatic heterocycles. The average Bonchev–Trinajstić information content (AvgIpc) is 2.79. The fourth-order valence-electron chi connectivity index (χ4n) is 4.39. The Hall–Kier alpha value is -2.80. The Morgan fingerprint density at radius 3 is 2.52 bits per heavy atom. The van der Waals surface area contributed by atoms with E-state index in [1.165, 1.54) is 12.4 Å². The molecule has 0 spiro atoms. The normalized spacial score (nSPS) is 20.5. The van der Waals surface area contributed by atoms with Gasteiger partial charge in [0, 0.05) is 57.4 Å². The van der Waals surface area contributed by atoms with Crippen LogP contribution in [0.15, 0.2) is 48.8 Å². The highest BCUT2D eigenvalue weighted by Gasteiger charge is 2.31. The van der Waals surface area contributed by atoms with E-state index >= 15 is 0 Å². The van der Waals surface area contributed by atoms with Crippen LogP contribution in [-0.4, -0.2) is 68.1 Å². The van der Waals surface area contributed by atoms with Crippen molar-refractivity contribution in [2.24, 2.45) is 0 Å². The minimum atomic E-state index is 0.0166. The highest BCUT2D eigenvalue weighted by Crippen LogP contribution is 2.29. The lowest BCUT2D eigenvalue weighted by Gasteiger charge is -2.44. The van der Waals surface area contributed by atoms with Crippen LogP contribution in [0.5, 0.6) is 5.75 Å². The van der Waals surface area contributed by atoms with Gasteiger partial charge in [0.25, 0.3) is 5.91 Å². The largest absolute Gasteiger partial charge is 0.619 e. The standard InChI is InChI=1S/C22H28N4O3/c1-29-21-7-3-2-6-20(21)24-15-13-23(14-16-24)19-5-4-10-25(17-19)22(27)18-8-11-26(28)12-9-18/h2-3,6-9,11-12,19H,4-5,10,13-17H2,1H3. The Kier molecular flexibility index (Phi) is 5.85. The molecule has 1 aromatic carbocycles. The number of para-hydroxylation sites is 2. The predicted molar refractivity (Wildman–Crippen MR) is 111 cm³/mol. The lowest BCUT2D eigenvalue weighted by atomic mass is 10.0. The van der Waals surface area contributed by atoms with Crippen molar-refractivity contribution in [3.8, 4) is 5.75 Å².